The molecule has 1 N–H and O–H groups in total. The van der Waals surface area contributed by atoms with Gasteiger partial charge < -0.3 is 9.84 Å². The number of ether oxygens (including phenoxy) is 1. The summed E-state index contributed by atoms with van der Waals surface area (Å²) >= 11 is 0. The van der Waals surface area contributed by atoms with E-state index in [-0.39, 0.29) is 6.10 Å². The lowest BCUT2D eigenvalue weighted by Crippen LogP contribution is -2.43. The molecule has 1 aliphatic heterocycles. The first-order chi connectivity index (χ1) is 13.2. The fourth-order valence-electron chi connectivity index (χ4n) is 3.66. The summed E-state index contributed by atoms with van der Waals surface area (Å²) in [5, 5.41) is 10.7. The normalized spacial score (nSPS) is 16.6. The molecule has 1 heterocycles. The van der Waals surface area contributed by atoms with E-state index in [2.05, 4.69) is 53.1 Å². The highest BCUT2D eigenvalue weighted by molar-refractivity contribution is 5.22. The third-order valence-electron chi connectivity index (χ3n) is 5.11. The molecule has 0 spiro atoms. The number of aryl methyl sites for hydroxylation is 1. The van der Waals surface area contributed by atoms with Gasteiger partial charge in [0.15, 0.2) is 0 Å². The van der Waals surface area contributed by atoms with Crippen molar-refractivity contribution in [3.05, 3.63) is 71.3 Å². The summed E-state index contributed by atoms with van der Waals surface area (Å²) in [5.41, 5.74) is 3.78. The van der Waals surface area contributed by atoms with Crippen molar-refractivity contribution in [2.45, 2.75) is 26.0 Å². The summed E-state index contributed by atoms with van der Waals surface area (Å²) in [6, 6.07) is 18.9. The maximum Gasteiger partial charge on any atom is 0.0707 e. The number of aliphatic hydroxyl groups excluding tert-OH is 1. The Morgan fingerprint density at radius 2 is 1.78 bits per heavy atom. The van der Waals surface area contributed by atoms with Crippen LogP contribution in [0.2, 0.25) is 0 Å². The van der Waals surface area contributed by atoms with Gasteiger partial charge in [-0.15, -0.1) is 0 Å². The van der Waals surface area contributed by atoms with Gasteiger partial charge in [-0.2, -0.15) is 0 Å². The highest BCUT2D eigenvalue weighted by Crippen LogP contribution is 2.11. The zero-order valence-electron chi connectivity index (χ0n) is 16.4. The molecular weight excluding hydrogens is 336 g/mol. The van der Waals surface area contributed by atoms with Gasteiger partial charge >= 0.3 is 0 Å². The first kappa shape index (κ1) is 20.0. The second-order valence-corrected chi connectivity index (χ2v) is 7.52. The van der Waals surface area contributed by atoms with E-state index < -0.39 is 0 Å². The van der Waals surface area contributed by atoms with Crippen molar-refractivity contribution in [1.82, 2.24) is 9.80 Å². The first-order valence-corrected chi connectivity index (χ1v) is 9.99. The molecule has 1 aliphatic rings. The lowest BCUT2D eigenvalue weighted by molar-refractivity contribution is 0.0292. The molecular formula is C23H32N2O2. The van der Waals surface area contributed by atoms with E-state index in [1.807, 2.05) is 18.2 Å². The van der Waals surface area contributed by atoms with E-state index in [1.165, 1.54) is 16.7 Å². The van der Waals surface area contributed by atoms with Gasteiger partial charge in [-0.25, -0.2) is 0 Å². The average Bonchev–Trinajstić information content (AvgIpc) is 2.68. The quantitative estimate of drug-likeness (QED) is 0.738. The molecule has 146 valence electrons. The second-order valence-electron chi connectivity index (χ2n) is 7.52. The summed E-state index contributed by atoms with van der Waals surface area (Å²) in [6.07, 6.45) is 0.338. The van der Waals surface area contributed by atoms with Gasteiger partial charge in [0.1, 0.15) is 0 Å². The summed E-state index contributed by atoms with van der Waals surface area (Å²) in [7, 11) is 0. The van der Waals surface area contributed by atoms with E-state index in [0.717, 1.165) is 45.9 Å². The minimum absolute atomic E-state index is 0.359. The van der Waals surface area contributed by atoms with Crippen LogP contribution < -0.4 is 0 Å². The number of hydrogen-bond acceptors (Lipinski definition) is 4. The second kappa shape index (κ2) is 10.6. The van der Waals surface area contributed by atoms with Crippen molar-refractivity contribution in [3.8, 4) is 0 Å². The Bertz CT molecular complexity index is 671. The lowest BCUT2D eigenvalue weighted by Gasteiger charge is -2.31. The smallest absolute Gasteiger partial charge is 0.0707 e. The molecule has 0 aliphatic carbocycles. The molecule has 0 bridgehead atoms. The Balaban J connectivity index is 1.58. The van der Waals surface area contributed by atoms with Gasteiger partial charge in [-0.3, -0.25) is 9.80 Å². The highest BCUT2D eigenvalue weighted by Gasteiger charge is 2.16. The van der Waals surface area contributed by atoms with Crippen molar-refractivity contribution < 1.29 is 9.84 Å². The number of rotatable bonds is 9. The number of aliphatic hydroxyl groups is 1. The van der Waals surface area contributed by atoms with Gasteiger partial charge in [0, 0.05) is 39.3 Å². The topological polar surface area (TPSA) is 35.9 Å². The molecule has 1 saturated heterocycles. The van der Waals surface area contributed by atoms with Gasteiger partial charge in [-0.1, -0.05) is 60.2 Å². The molecule has 0 radical (unpaired) electrons. The number of benzene rings is 2. The van der Waals surface area contributed by atoms with Crippen molar-refractivity contribution in [1.29, 1.82) is 0 Å². The fourth-order valence-corrected chi connectivity index (χ4v) is 3.66. The fraction of sp³-hybridized carbons (Fsp3) is 0.478. The van der Waals surface area contributed by atoms with Crippen LogP contribution in [0.25, 0.3) is 0 Å². The standard InChI is InChI=1S/C23H32N2O2/c1-20-6-5-9-22(16-20)18-25(11-10-24-12-14-27-15-13-24)19-23(26)17-21-7-3-2-4-8-21/h2-9,16,23,26H,10-15,17-19H2,1H3/t23-/m0/s1. The van der Waals surface area contributed by atoms with E-state index in [4.69, 9.17) is 4.74 Å². The Morgan fingerprint density at radius 1 is 1.04 bits per heavy atom. The van der Waals surface area contributed by atoms with E-state index in [0.29, 0.717) is 13.0 Å². The summed E-state index contributed by atoms with van der Waals surface area (Å²) < 4.78 is 5.45. The summed E-state index contributed by atoms with van der Waals surface area (Å²) in [5.74, 6) is 0. The third kappa shape index (κ3) is 7.07. The predicted molar refractivity (Wildman–Crippen MR) is 110 cm³/mol. The number of nitrogens with zero attached hydrogens (tertiary/aromatic N) is 2. The maximum absolute atomic E-state index is 10.7. The van der Waals surface area contributed by atoms with Crippen LogP contribution in [0, 0.1) is 6.92 Å². The van der Waals surface area contributed by atoms with E-state index in [1.54, 1.807) is 0 Å². The van der Waals surface area contributed by atoms with Crippen molar-refractivity contribution in [2.75, 3.05) is 45.9 Å². The van der Waals surface area contributed by atoms with Gasteiger partial charge in [-0.05, 0) is 24.5 Å². The van der Waals surface area contributed by atoms with Crippen molar-refractivity contribution in [3.63, 3.8) is 0 Å². The highest BCUT2D eigenvalue weighted by atomic mass is 16.5. The van der Waals surface area contributed by atoms with Crippen LogP contribution in [-0.2, 0) is 17.7 Å². The third-order valence-corrected chi connectivity index (χ3v) is 5.11. The van der Waals surface area contributed by atoms with Gasteiger partial charge in [0.2, 0.25) is 0 Å². The van der Waals surface area contributed by atoms with E-state index >= 15 is 0 Å². The first-order valence-electron chi connectivity index (χ1n) is 9.99. The molecule has 4 nitrogen and oxygen atoms in total. The van der Waals surface area contributed by atoms with Gasteiger partial charge in [0.25, 0.3) is 0 Å². The van der Waals surface area contributed by atoms with Crippen LogP contribution >= 0.6 is 0 Å². The van der Waals surface area contributed by atoms with Crippen LogP contribution in [0.3, 0.4) is 0 Å². The average molecular weight is 369 g/mol. The minimum Gasteiger partial charge on any atom is -0.391 e. The summed E-state index contributed by atoms with van der Waals surface area (Å²) in [4.78, 5) is 4.84. The number of hydrogen-bond donors (Lipinski definition) is 1. The molecule has 1 fully saturated rings. The molecule has 2 aromatic rings. The van der Waals surface area contributed by atoms with Crippen LogP contribution in [0.1, 0.15) is 16.7 Å². The van der Waals surface area contributed by atoms with Crippen LogP contribution in [0.4, 0.5) is 0 Å². The number of morpholine rings is 1. The van der Waals surface area contributed by atoms with Gasteiger partial charge in [0.05, 0.1) is 19.3 Å². The lowest BCUT2D eigenvalue weighted by atomic mass is 10.1. The van der Waals surface area contributed by atoms with E-state index in [9.17, 15) is 5.11 Å². The molecule has 27 heavy (non-hydrogen) atoms. The SMILES string of the molecule is Cc1cccc(CN(CCN2CCOCC2)C[C@@H](O)Cc2ccccc2)c1. The van der Waals surface area contributed by atoms with Crippen molar-refractivity contribution >= 4 is 0 Å². The Morgan fingerprint density at radius 3 is 2.52 bits per heavy atom. The Kier molecular flexibility index (Phi) is 7.84. The zero-order valence-corrected chi connectivity index (χ0v) is 16.4. The minimum atomic E-state index is -0.359. The molecule has 0 aromatic heterocycles. The largest absolute Gasteiger partial charge is 0.391 e. The molecule has 0 unspecified atom stereocenters. The Hall–Kier alpha value is -1.72. The van der Waals surface area contributed by atoms with Crippen LogP contribution in [-0.4, -0.2) is 66.9 Å². The summed E-state index contributed by atoms with van der Waals surface area (Å²) in [6.45, 7) is 9.34. The zero-order chi connectivity index (χ0) is 18.9. The molecule has 1 atom stereocenters. The molecule has 3 rings (SSSR count). The van der Waals surface area contributed by atoms with Crippen LogP contribution in [0.5, 0.6) is 0 Å². The Labute approximate surface area is 163 Å². The predicted octanol–water partition coefficient (Wildman–Crippen LogP) is 2.73. The van der Waals surface area contributed by atoms with Crippen molar-refractivity contribution in [2.24, 2.45) is 0 Å². The maximum atomic E-state index is 10.7. The molecule has 4 heteroatoms. The molecule has 0 amide bonds. The molecule has 2 aromatic carbocycles. The van der Waals surface area contributed by atoms with Crippen LogP contribution in [0.15, 0.2) is 54.6 Å². The molecule has 0 saturated carbocycles. The monoisotopic (exact) mass is 368 g/mol.